The van der Waals surface area contributed by atoms with Gasteiger partial charge in [0.25, 0.3) is 0 Å². The average molecular weight is 413 g/mol. The van der Waals surface area contributed by atoms with Gasteiger partial charge in [-0.1, -0.05) is 13.0 Å². The summed E-state index contributed by atoms with van der Waals surface area (Å²) in [5, 5.41) is 31.9. The first-order valence-corrected chi connectivity index (χ1v) is 10.5. The summed E-state index contributed by atoms with van der Waals surface area (Å²) >= 11 is 0. The Balaban J connectivity index is 1.36. The summed E-state index contributed by atoms with van der Waals surface area (Å²) in [7, 11) is 0. The van der Waals surface area contributed by atoms with E-state index in [9.17, 15) is 24.9 Å². The quantitative estimate of drug-likeness (QED) is 0.445. The highest BCUT2D eigenvalue weighted by molar-refractivity contribution is 5.98. The molecule has 4 fully saturated rings. The van der Waals surface area contributed by atoms with Gasteiger partial charge in [0.05, 0.1) is 11.7 Å². The molecule has 1 amide bonds. The first kappa shape index (κ1) is 19.4. The number of ether oxygens (including phenoxy) is 1. The van der Waals surface area contributed by atoms with Crippen LogP contribution >= 0.6 is 0 Å². The lowest BCUT2D eigenvalue weighted by Crippen LogP contribution is -2.56. The summed E-state index contributed by atoms with van der Waals surface area (Å²) in [6.07, 6.45) is 7.15. The van der Waals surface area contributed by atoms with Gasteiger partial charge in [-0.05, 0) is 62.1 Å². The van der Waals surface area contributed by atoms with Crippen LogP contribution in [0.25, 0.3) is 0 Å². The van der Waals surface area contributed by atoms with Crippen LogP contribution in [0.4, 0.5) is 5.69 Å². The lowest BCUT2D eigenvalue weighted by molar-refractivity contribution is -0.169. The largest absolute Gasteiger partial charge is 0.506 e. The van der Waals surface area contributed by atoms with Gasteiger partial charge in [0.15, 0.2) is 17.3 Å². The number of rotatable bonds is 4. The Morgan fingerprint density at radius 2 is 1.97 bits per heavy atom. The van der Waals surface area contributed by atoms with E-state index in [-0.39, 0.29) is 46.7 Å². The van der Waals surface area contributed by atoms with Crippen molar-refractivity contribution in [2.45, 2.75) is 57.7 Å². The van der Waals surface area contributed by atoms with E-state index in [2.05, 4.69) is 18.3 Å². The van der Waals surface area contributed by atoms with Crippen LogP contribution in [0, 0.1) is 22.7 Å². The monoisotopic (exact) mass is 413 g/mol. The van der Waals surface area contributed by atoms with Crippen LogP contribution in [0.5, 0.6) is 17.2 Å². The van der Waals surface area contributed by atoms with Gasteiger partial charge in [0.2, 0.25) is 5.91 Å². The zero-order valence-electron chi connectivity index (χ0n) is 17.1. The minimum atomic E-state index is -0.712. The number of phenols is 3. The molecule has 6 atom stereocenters. The maximum Gasteiger partial charge on any atom is 0.224 e. The Hall–Kier alpha value is -2.54. The number of nitrogens with one attached hydrogen (secondary N) is 1. The second-order valence-electron chi connectivity index (χ2n) is 9.98. The van der Waals surface area contributed by atoms with Gasteiger partial charge >= 0.3 is 0 Å². The summed E-state index contributed by atoms with van der Waals surface area (Å²) in [5.74, 6) is -1.21. The van der Waals surface area contributed by atoms with E-state index in [4.69, 9.17) is 4.74 Å². The second kappa shape index (κ2) is 6.00. The van der Waals surface area contributed by atoms with Gasteiger partial charge in [-0.25, -0.2) is 0 Å². The van der Waals surface area contributed by atoms with Crippen LogP contribution in [0.15, 0.2) is 24.3 Å². The summed E-state index contributed by atoms with van der Waals surface area (Å²) in [4.78, 5) is 25.6. The summed E-state index contributed by atoms with van der Waals surface area (Å²) in [6.45, 7) is 4.13. The lowest BCUT2D eigenvalue weighted by atomic mass is 9.51. The number of carbonyl (C=O) groups excluding carboxylic acids is 2. The Bertz CT molecular complexity index is 988. The van der Waals surface area contributed by atoms with Gasteiger partial charge < -0.3 is 25.4 Å². The van der Waals surface area contributed by atoms with Crippen molar-refractivity contribution in [1.82, 2.24) is 0 Å². The molecule has 5 aliphatic rings. The van der Waals surface area contributed by atoms with Crippen molar-refractivity contribution in [1.29, 1.82) is 0 Å². The van der Waals surface area contributed by atoms with Crippen LogP contribution in [-0.2, 0) is 14.3 Å². The molecular weight excluding hydrogens is 386 g/mol. The fourth-order valence-corrected chi connectivity index (χ4v) is 6.91. The molecule has 7 nitrogen and oxygen atoms in total. The van der Waals surface area contributed by atoms with Gasteiger partial charge in [-0.15, -0.1) is 0 Å². The van der Waals surface area contributed by atoms with Gasteiger partial charge in [-0.2, -0.15) is 0 Å². The molecule has 30 heavy (non-hydrogen) atoms. The highest BCUT2D eigenvalue weighted by Crippen LogP contribution is 2.71. The van der Waals surface area contributed by atoms with E-state index in [0.717, 1.165) is 25.3 Å². The van der Waals surface area contributed by atoms with E-state index >= 15 is 0 Å². The molecule has 4 N–H and O–H groups in total. The summed E-state index contributed by atoms with van der Waals surface area (Å²) in [5.41, 5.74) is -1.09. The lowest BCUT2D eigenvalue weighted by Gasteiger charge is -2.55. The Morgan fingerprint density at radius 1 is 1.23 bits per heavy atom. The number of amides is 1. The highest BCUT2D eigenvalue weighted by atomic mass is 16.5. The Labute approximate surface area is 174 Å². The van der Waals surface area contributed by atoms with Crippen molar-refractivity contribution in [3.05, 3.63) is 24.3 Å². The molecule has 4 bridgehead atoms. The zero-order chi connectivity index (χ0) is 21.5. The van der Waals surface area contributed by atoms with Crippen LogP contribution in [0.3, 0.4) is 0 Å². The summed E-state index contributed by atoms with van der Waals surface area (Å²) < 4.78 is 6.41. The Kier molecular flexibility index (Phi) is 3.89. The molecule has 160 valence electrons. The van der Waals surface area contributed by atoms with Gasteiger partial charge in [0.1, 0.15) is 11.4 Å². The molecule has 0 radical (unpaired) electrons. The third-order valence-electron chi connectivity index (χ3n) is 8.19. The number of phenolic OH excluding ortho intramolecular Hbond substituents is 3. The molecule has 1 spiro atoms. The third kappa shape index (κ3) is 2.47. The molecule has 2 heterocycles. The van der Waals surface area contributed by atoms with E-state index in [0.29, 0.717) is 12.3 Å². The van der Waals surface area contributed by atoms with Gasteiger partial charge in [-0.3, -0.25) is 9.59 Å². The predicted octanol–water partition coefficient (Wildman–Crippen LogP) is 3.24. The van der Waals surface area contributed by atoms with E-state index in [1.807, 2.05) is 6.92 Å². The predicted molar refractivity (Wildman–Crippen MR) is 108 cm³/mol. The van der Waals surface area contributed by atoms with Crippen molar-refractivity contribution in [3.8, 4) is 17.2 Å². The van der Waals surface area contributed by atoms with Crippen molar-refractivity contribution < 1.29 is 29.6 Å². The third-order valence-corrected chi connectivity index (χ3v) is 8.19. The molecular formula is C23H27NO6. The second-order valence-corrected chi connectivity index (χ2v) is 9.98. The number of hydrogen-bond acceptors (Lipinski definition) is 6. The van der Waals surface area contributed by atoms with E-state index in [1.165, 1.54) is 6.07 Å². The van der Waals surface area contributed by atoms with E-state index < -0.39 is 22.8 Å². The fraction of sp³-hybridized carbons (Fsp3) is 0.565. The first-order valence-electron chi connectivity index (χ1n) is 10.5. The van der Waals surface area contributed by atoms with Crippen LogP contribution in [0.1, 0.15) is 46.0 Å². The molecule has 0 aromatic heterocycles. The maximum absolute atomic E-state index is 13.0. The molecule has 6 rings (SSSR count). The summed E-state index contributed by atoms with van der Waals surface area (Å²) in [6, 6.07) is 2.33. The van der Waals surface area contributed by atoms with Gasteiger partial charge in [0, 0.05) is 17.8 Å². The Morgan fingerprint density at radius 3 is 2.70 bits per heavy atom. The number of carbonyl (C=O) groups is 2. The number of allylic oxidation sites excluding steroid dienone is 2. The number of hydrogen-bond donors (Lipinski definition) is 4. The van der Waals surface area contributed by atoms with E-state index in [1.54, 1.807) is 6.08 Å². The average Bonchev–Trinajstić information content (AvgIpc) is 3.05. The SMILES string of the molecule is C[C@]12C[C@@]34C=CC(=O)[C@@](C)(CCC(=O)Nc5c(O)ccc(O)c5O)[C@@H]3[C@H](C[C@@H]1C4)O2. The molecule has 3 aliphatic carbocycles. The van der Waals surface area contributed by atoms with Crippen LogP contribution < -0.4 is 5.32 Å². The molecule has 2 saturated carbocycles. The van der Waals surface area contributed by atoms with Crippen LogP contribution in [0.2, 0.25) is 0 Å². The maximum atomic E-state index is 13.0. The molecule has 0 unspecified atom stereocenters. The molecule has 1 aromatic carbocycles. The van der Waals surface area contributed by atoms with Crippen molar-refractivity contribution in [2.24, 2.45) is 22.7 Å². The van der Waals surface area contributed by atoms with Crippen molar-refractivity contribution in [3.63, 3.8) is 0 Å². The molecule has 2 saturated heterocycles. The minimum Gasteiger partial charge on any atom is -0.506 e. The number of anilines is 1. The molecule has 2 aliphatic heterocycles. The number of aromatic hydroxyl groups is 3. The highest BCUT2D eigenvalue weighted by Gasteiger charge is 2.71. The molecule has 7 heteroatoms. The first-order chi connectivity index (χ1) is 14.1. The smallest absolute Gasteiger partial charge is 0.224 e. The zero-order valence-corrected chi connectivity index (χ0v) is 17.1. The normalized spacial score (nSPS) is 40.6. The fourth-order valence-electron chi connectivity index (χ4n) is 6.91. The van der Waals surface area contributed by atoms with Crippen molar-refractivity contribution >= 4 is 17.4 Å². The number of ketones is 1. The van der Waals surface area contributed by atoms with Crippen molar-refractivity contribution in [2.75, 3.05) is 5.32 Å². The minimum absolute atomic E-state index is 0.0246. The van der Waals surface area contributed by atoms with Crippen LogP contribution in [-0.4, -0.2) is 38.7 Å². The molecule has 1 aromatic rings. The number of benzene rings is 1. The topological polar surface area (TPSA) is 116 Å². The standard InChI is InChI=1S/C23H27NO6/c1-21(7-6-17(28)24-18-13(25)3-4-14(26)19(18)29)16(27)5-8-23-10-12-9-15(20(21)23)30-22(12,2)11-23/h3-5,8,12,15,20,25-26,29H,6-7,9-11H2,1-2H3,(H,24,28)/t12-,15+,20+,21-,22+,23+/m1/s1.